The van der Waals surface area contributed by atoms with Crippen LogP contribution in [0.15, 0.2) is 206 Å². The maximum Gasteiger partial charge on any atom is 0.160 e. The Balaban J connectivity index is 1.21. The topological polar surface area (TPSA) is 25.8 Å². The second-order valence-electron chi connectivity index (χ2n) is 13.7. The van der Waals surface area contributed by atoms with E-state index in [-0.39, 0.29) is 0 Å². The minimum absolute atomic E-state index is 0.509. The van der Waals surface area contributed by atoms with Gasteiger partial charge in [0.1, 0.15) is 0 Å². The van der Waals surface area contributed by atoms with Crippen molar-refractivity contribution in [2.24, 2.45) is 0 Å². The average molecular weight is 675 g/mol. The molecule has 9 aromatic rings. The molecular weight excluding hydrogens is 641 g/mol. The number of rotatable bonds is 6. The van der Waals surface area contributed by atoms with E-state index in [2.05, 4.69) is 200 Å². The third-order valence-corrected chi connectivity index (χ3v) is 10.8. The van der Waals surface area contributed by atoms with Crippen molar-refractivity contribution in [3.8, 4) is 56.2 Å². The van der Waals surface area contributed by atoms with Crippen LogP contribution in [0.4, 0.5) is 0 Å². The van der Waals surface area contributed by atoms with Crippen LogP contribution in [0.2, 0.25) is 0 Å². The number of fused-ring (bicyclic) bond motifs is 5. The molecule has 0 N–H and O–H groups in total. The van der Waals surface area contributed by atoms with E-state index in [1.807, 2.05) is 6.07 Å². The first-order valence-electron chi connectivity index (χ1n) is 18.2. The lowest BCUT2D eigenvalue weighted by Crippen LogP contribution is -2.28. The normalized spacial score (nSPS) is 12.7. The first-order chi connectivity index (χ1) is 26.3. The van der Waals surface area contributed by atoms with Crippen LogP contribution in [0, 0.1) is 0 Å². The molecule has 1 aliphatic rings. The van der Waals surface area contributed by atoms with E-state index in [0.717, 1.165) is 28.1 Å². The minimum Gasteiger partial charge on any atom is -0.228 e. The first kappa shape index (κ1) is 30.9. The predicted molar refractivity (Wildman–Crippen MR) is 219 cm³/mol. The van der Waals surface area contributed by atoms with Crippen LogP contribution < -0.4 is 0 Å². The molecule has 2 nitrogen and oxygen atoms in total. The molecule has 0 fully saturated rings. The summed E-state index contributed by atoms with van der Waals surface area (Å²) < 4.78 is 0. The van der Waals surface area contributed by atoms with Crippen molar-refractivity contribution < 1.29 is 0 Å². The van der Waals surface area contributed by atoms with Gasteiger partial charge in [0, 0.05) is 16.7 Å². The third kappa shape index (κ3) is 5.11. The molecule has 8 aromatic carbocycles. The molecule has 2 heteroatoms. The van der Waals surface area contributed by atoms with Crippen LogP contribution >= 0.6 is 0 Å². The SMILES string of the molecule is c1ccc(-c2ccc(-c3cc(-c4ccccc4)nc(-c4ccc5ccc6c(c5c4)C(c4ccccc4)(c4ccccc4)c4ccccc4-6)n3)cc2)cc1. The molecule has 0 radical (unpaired) electrons. The van der Waals surface area contributed by atoms with Gasteiger partial charge in [-0.1, -0.05) is 194 Å². The standard InChI is InChI=1S/C51H34N2/c1-5-15-35(16-6-1)36-25-28-39(29-26-36)48-34-47(38-17-7-2-8-18-38)52-50(53-48)40-30-27-37-31-32-44-43-23-13-14-24-46(43)51(49(44)45(37)33-40,41-19-9-3-10-20-41)42-21-11-4-12-22-42/h1-34H. The smallest absolute Gasteiger partial charge is 0.160 e. The summed E-state index contributed by atoms with van der Waals surface area (Å²) >= 11 is 0. The Hall–Kier alpha value is -6.90. The summed E-state index contributed by atoms with van der Waals surface area (Å²) in [4.78, 5) is 10.5. The molecule has 0 saturated carbocycles. The van der Waals surface area contributed by atoms with Crippen molar-refractivity contribution in [3.63, 3.8) is 0 Å². The van der Waals surface area contributed by atoms with E-state index in [1.54, 1.807) is 0 Å². The van der Waals surface area contributed by atoms with Crippen LogP contribution in [-0.4, -0.2) is 9.97 Å². The highest BCUT2D eigenvalue weighted by atomic mass is 14.9. The van der Waals surface area contributed by atoms with Crippen molar-refractivity contribution >= 4 is 10.8 Å². The van der Waals surface area contributed by atoms with Gasteiger partial charge in [0.2, 0.25) is 0 Å². The molecule has 10 rings (SSSR count). The molecule has 0 amide bonds. The van der Waals surface area contributed by atoms with E-state index in [1.165, 1.54) is 55.3 Å². The van der Waals surface area contributed by atoms with Gasteiger partial charge in [-0.25, -0.2) is 9.97 Å². The van der Waals surface area contributed by atoms with Crippen LogP contribution in [0.1, 0.15) is 22.3 Å². The number of hydrogen-bond donors (Lipinski definition) is 0. The first-order valence-corrected chi connectivity index (χ1v) is 18.2. The van der Waals surface area contributed by atoms with E-state index in [4.69, 9.17) is 9.97 Å². The van der Waals surface area contributed by atoms with Gasteiger partial charge in [-0.2, -0.15) is 0 Å². The maximum absolute atomic E-state index is 5.28. The molecule has 53 heavy (non-hydrogen) atoms. The van der Waals surface area contributed by atoms with Crippen LogP contribution in [0.5, 0.6) is 0 Å². The fraction of sp³-hybridized carbons (Fsp3) is 0.0196. The van der Waals surface area contributed by atoms with Crippen molar-refractivity contribution in [2.45, 2.75) is 5.41 Å². The van der Waals surface area contributed by atoms with Gasteiger partial charge in [-0.05, 0) is 67.4 Å². The van der Waals surface area contributed by atoms with Crippen molar-refractivity contribution in [1.29, 1.82) is 0 Å². The van der Waals surface area contributed by atoms with E-state index in [9.17, 15) is 0 Å². The number of nitrogens with zero attached hydrogens (tertiary/aromatic N) is 2. The lowest BCUT2D eigenvalue weighted by molar-refractivity contribution is 0.775. The van der Waals surface area contributed by atoms with Gasteiger partial charge in [0.15, 0.2) is 5.82 Å². The summed E-state index contributed by atoms with van der Waals surface area (Å²) in [5.74, 6) is 0.702. The van der Waals surface area contributed by atoms with E-state index in [0.29, 0.717) is 5.82 Å². The maximum atomic E-state index is 5.28. The zero-order valence-electron chi connectivity index (χ0n) is 29.0. The van der Waals surface area contributed by atoms with Crippen molar-refractivity contribution in [3.05, 3.63) is 229 Å². The fourth-order valence-electron chi connectivity index (χ4n) is 8.35. The monoisotopic (exact) mass is 674 g/mol. The van der Waals surface area contributed by atoms with Crippen molar-refractivity contribution in [2.75, 3.05) is 0 Å². The molecule has 0 bridgehead atoms. The molecule has 0 atom stereocenters. The molecule has 1 heterocycles. The van der Waals surface area contributed by atoms with Gasteiger partial charge in [0.05, 0.1) is 16.8 Å². The predicted octanol–water partition coefficient (Wildman–Crippen LogP) is 12.7. The molecule has 0 saturated heterocycles. The summed E-state index contributed by atoms with van der Waals surface area (Å²) in [5.41, 5.74) is 14.4. The van der Waals surface area contributed by atoms with Crippen molar-refractivity contribution in [1.82, 2.24) is 9.97 Å². The van der Waals surface area contributed by atoms with Crippen LogP contribution in [0.3, 0.4) is 0 Å². The second kappa shape index (κ2) is 12.7. The van der Waals surface area contributed by atoms with Crippen LogP contribution in [0.25, 0.3) is 66.9 Å². The number of benzene rings is 8. The molecule has 0 aliphatic heterocycles. The Morgan fingerprint density at radius 1 is 0.340 bits per heavy atom. The summed E-state index contributed by atoms with van der Waals surface area (Å²) in [6, 6.07) is 73.9. The van der Waals surface area contributed by atoms with Gasteiger partial charge in [-0.15, -0.1) is 0 Å². The lowest BCUT2D eigenvalue weighted by Gasteiger charge is -2.34. The summed E-state index contributed by atoms with van der Waals surface area (Å²) in [6.07, 6.45) is 0. The highest BCUT2D eigenvalue weighted by molar-refractivity contribution is 6.01. The summed E-state index contributed by atoms with van der Waals surface area (Å²) in [7, 11) is 0. The Kier molecular flexibility index (Phi) is 7.40. The average Bonchev–Trinajstić information content (AvgIpc) is 3.56. The molecule has 0 unspecified atom stereocenters. The Morgan fingerprint density at radius 3 is 1.45 bits per heavy atom. The highest BCUT2D eigenvalue weighted by Gasteiger charge is 2.47. The molecule has 248 valence electrons. The minimum atomic E-state index is -0.509. The Labute approximate surface area is 309 Å². The van der Waals surface area contributed by atoms with Gasteiger partial charge in [0.25, 0.3) is 0 Å². The molecule has 1 aromatic heterocycles. The van der Waals surface area contributed by atoms with Crippen LogP contribution in [-0.2, 0) is 5.41 Å². The fourth-order valence-corrected chi connectivity index (χ4v) is 8.35. The second-order valence-corrected chi connectivity index (χ2v) is 13.7. The highest BCUT2D eigenvalue weighted by Crippen LogP contribution is 2.58. The quantitative estimate of drug-likeness (QED) is 0.175. The Morgan fingerprint density at radius 2 is 0.811 bits per heavy atom. The number of aromatic nitrogens is 2. The molecule has 1 aliphatic carbocycles. The largest absolute Gasteiger partial charge is 0.228 e. The van der Waals surface area contributed by atoms with E-state index >= 15 is 0 Å². The van der Waals surface area contributed by atoms with E-state index < -0.39 is 5.41 Å². The lowest BCUT2D eigenvalue weighted by atomic mass is 9.66. The zero-order valence-corrected chi connectivity index (χ0v) is 29.0. The Bertz CT molecular complexity index is 2700. The summed E-state index contributed by atoms with van der Waals surface area (Å²) in [5, 5.41) is 2.39. The van der Waals surface area contributed by atoms with Gasteiger partial charge in [-0.3, -0.25) is 0 Å². The number of hydrogen-bond acceptors (Lipinski definition) is 2. The molecule has 0 spiro atoms. The van der Waals surface area contributed by atoms with Gasteiger partial charge >= 0.3 is 0 Å². The zero-order chi connectivity index (χ0) is 35.2. The third-order valence-electron chi connectivity index (χ3n) is 10.8. The molecular formula is C51H34N2. The van der Waals surface area contributed by atoms with Gasteiger partial charge < -0.3 is 0 Å². The summed E-state index contributed by atoms with van der Waals surface area (Å²) in [6.45, 7) is 0.